The summed E-state index contributed by atoms with van der Waals surface area (Å²) in [6.07, 6.45) is 1.76. The molecule has 1 saturated heterocycles. The highest BCUT2D eigenvalue weighted by atomic mass is 35.5. The van der Waals surface area contributed by atoms with Crippen molar-refractivity contribution in [3.63, 3.8) is 0 Å². The lowest BCUT2D eigenvalue weighted by Gasteiger charge is -2.14. The molecule has 0 N–H and O–H groups in total. The summed E-state index contributed by atoms with van der Waals surface area (Å²) in [4.78, 5) is 14.9. The van der Waals surface area contributed by atoms with Gasteiger partial charge in [0.15, 0.2) is 11.5 Å². The summed E-state index contributed by atoms with van der Waals surface area (Å²) in [5.41, 5.74) is 1.77. The van der Waals surface area contributed by atoms with Crippen LogP contribution in [0.2, 0.25) is 5.02 Å². The Morgan fingerprint density at radius 1 is 1.19 bits per heavy atom. The Kier molecular flexibility index (Phi) is 5.86. The van der Waals surface area contributed by atoms with Gasteiger partial charge in [0.1, 0.15) is 4.32 Å². The number of benzene rings is 2. The smallest absolute Gasteiger partial charge is 0.266 e. The van der Waals surface area contributed by atoms with Crippen LogP contribution in [0.1, 0.15) is 11.1 Å². The molecule has 1 fully saturated rings. The number of amides is 1. The average molecular weight is 406 g/mol. The molecule has 0 radical (unpaired) electrons. The fourth-order valence-electron chi connectivity index (χ4n) is 2.57. The van der Waals surface area contributed by atoms with Gasteiger partial charge in [-0.15, -0.1) is 0 Å². The van der Waals surface area contributed by atoms with Crippen molar-refractivity contribution in [2.75, 3.05) is 14.2 Å². The number of methoxy groups -OCH3 is 2. The topological polar surface area (TPSA) is 38.8 Å². The first-order valence-electron chi connectivity index (χ1n) is 7.74. The number of halogens is 1. The largest absolute Gasteiger partial charge is 0.493 e. The summed E-state index contributed by atoms with van der Waals surface area (Å²) in [6, 6.07) is 13.3. The minimum atomic E-state index is -0.116. The van der Waals surface area contributed by atoms with E-state index in [2.05, 4.69) is 0 Å². The van der Waals surface area contributed by atoms with Crippen molar-refractivity contribution in [3.05, 3.63) is 63.5 Å². The number of nitrogens with zero attached hydrogens (tertiary/aromatic N) is 1. The van der Waals surface area contributed by atoms with Crippen LogP contribution in [0.4, 0.5) is 0 Å². The van der Waals surface area contributed by atoms with Gasteiger partial charge in [-0.3, -0.25) is 9.69 Å². The maximum Gasteiger partial charge on any atom is 0.266 e. The Morgan fingerprint density at radius 3 is 2.58 bits per heavy atom. The number of carbonyl (C=O) groups excluding carboxylic acids is 1. The summed E-state index contributed by atoms with van der Waals surface area (Å²) < 4.78 is 11.1. The zero-order valence-corrected chi connectivity index (χ0v) is 16.6. The van der Waals surface area contributed by atoms with E-state index in [0.717, 1.165) is 11.1 Å². The number of thioether (sulfide) groups is 1. The van der Waals surface area contributed by atoms with Crippen molar-refractivity contribution in [2.24, 2.45) is 0 Å². The molecule has 0 aliphatic carbocycles. The number of ether oxygens (including phenoxy) is 2. The molecule has 0 unspecified atom stereocenters. The first-order valence-corrected chi connectivity index (χ1v) is 9.34. The summed E-state index contributed by atoms with van der Waals surface area (Å²) >= 11 is 12.9. The van der Waals surface area contributed by atoms with E-state index in [4.69, 9.17) is 33.3 Å². The van der Waals surface area contributed by atoms with Crippen LogP contribution in [0.25, 0.3) is 6.08 Å². The Labute approximate surface area is 166 Å². The van der Waals surface area contributed by atoms with Gasteiger partial charge in [0.05, 0.1) is 30.7 Å². The second kappa shape index (κ2) is 8.12. The molecule has 0 saturated carbocycles. The van der Waals surface area contributed by atoms with E-state index in [1.54, 1.807) is 23.1 Å². The van der Waals surface area contributed by atoms with Crippen molar-refractivity contribution in [1.82, 2.24) is 4.90 Å². The van der Waals surface area contributed by atoms with Gasteiger partial charge in [-0.1, -0.05) is 65.9 Å². The number of carbonyl (C=O) groups is 1. The number of thiocarbonyl (C=S) groups is 1. The quantitative estimate of drug-likeness (QED) is 0.529. The first kappa shape index (κ1) is 18.8. The summed E-state index contributed by atoms with van der Waals surface area (Å²) in [6.45, 7) is 0.454. The average Bonchev–Trinajstić information content (AvgIpc) is 2.89. The van der Waals surface area contributed by atoms with Gasteiger partial charge < -0.3 is 9.47 Å². The van der Waals surface area contributed by atoms with Crippen molar-refractivity contribution >= 4 is 51.9 Å². The van der Waals surface area contributed by atoms with E-state index >= 15 is 0 Å². The van der Waals surface area contributed by atoms with Crippen LogP contribution in [0.15, 0.2) is 47.4 Å². The van der Waals surface area contributed by atoms with Crippen molar-refractivity contribution in [1.29, 1.82) is 0 Å². The SMILES string of the molecule is COc1cc(/C=C2/SC(=S)N(Cc3ccccc3)C2=O)cc(Cl)c1OC. The lowest BCUT2D eigenvalue weighted by molar-refractivity contribution is -0.122. The molecule has 2 aromatic rings. The summed E-state index contributed by atoms with van der Waals surface area (Å²) in [5, 5.41) is 0.415. The molecule has 3 rings (SSSR count). The van der Waals surface area contributed by atoms with Gasteiger partial charge >= 0.3 is 0 Å². The molecule has 1 aliphatic heterocycles. The highest BCUT2D eigenvalue weighted by Crippen LogP contribution is 2.39. The second-order valence-electron chi connectivity index (χ2n) is 5.49. The van der Waals surface area contributed by atoms with E-state index in [9.17, 15) is 4.79 Å². The molecular weight excluding hydrogens is 390 g/mol. The van der Waals surface area contributed by atoms with E-state index in [1.165, 1.54) is 26.0 Å². The number of hydrogen-bond acceptors (Lipinski definition) is 5. The Balaban J connectivity index is 1.87. The fourth-order valence-corrected chi connectivity index (χ4v) is 4.13. The van der Waals surface area contributed by atoms with Gasteiger partial charge in [0.25, 0.3) is 5.91 Å². The molecule has 0 aromatic heterocycles. The third-order valence-corrected chi connectivity index (χ3v) is 5.47. The summed E-state index contributed by atoms with van der Waals surface area (Å²) in [5.74, 6) is 0.851. The molecule has 1 aliphatic rings. The predicted molar refractivity (Wildman–Crippen MR) is 110 cm³/mol. The molecule has 1 amide bonds. The monoisotopic (exact) mass is 405 g/mol. The Hall–Kier alpha value is -2.02. The van der Waals surface area contributed by atoms with Crippen LogP contribution in [-0.2, 0) is 11.3 Å². The number of hydrogen-bond donors (Lipinski definition) is 0. The standard InChI is InChI=1S/C19H16ClNO3S2/c1-23-15-9-13(8-14(20)17(15)24-2)10-16-18(22)21(19(25)26-16)11-12-6-4-3-5-7-12/h3-10H,11H2,1-2H3/b16-10+. The highest BCUT2D eigenvalue weighted by Gasteiger charge is 2.32. The minimum absolute atomic E-state index is 0.116. The maximum atomic E-state index is 12.7. The first-order chi connectivity index (χ1) is 12.5. The normalized spacial score (nSPS) is 15.7. The van der Waals surface area contributed by atoms with Crippen LogP contribution < -0.4 is 9.47 Å². The van der Waals surface area contributed by atoms with E-state index in [-0.39, 0.29) is 5.91 Å². The molecule has 26 heavy (non-hydrogen) atoms. The number of rotatable bonds is 5. The van der Waals surface area contributed by atoms with Crippen molar-refractivity contribution < 1.29 is 14.3 Å². The van der Waals surface area contributed by atoms with Gasteiger partial charge in [0.2, 0.25) is 0 Å². The van der Waals surface area contributed by atoms with Crippen LogP contribution in [0.3, 0.4) is 0 Å². The minimum Gasteiger partial charge on any atom is -0.493 e. The fraction of sp³-hybridized carbons (Fsp3) is 0.158. The van der Waals surface area contributed by atoms with Gasteiger partial charge in [-0.2, -0.15) is 0 Å². The van der Waals surface area contributed by atoms with Crippen LogP contribution in [-0.4, -0.2) is 29.3 Å². The van der Waals surface area contributed by atoms with Gasteiger partial charge in [-0.25, -0.2) is 0 Å². The molecule has 0 atom stereocenters. The third-order valence-electron chi connectivity index (χ3n) is 3.81. The zero-order chi connectivity index (χ0) is 18.7. The third kappa shape index (κ3) is 3.87. The molecule has 0 bridgehead atoms. The van der Waals surface area contributed by atoms with E-state index < -0.39 is 0 Å². The van der Waals surface area contributed by atoms with Crippen molar-refractivity contribution in [3.8, 4) is 11.5 Å². The molecule has 7 heteroatoms. The van der Waals surface area contributed by atoms with E-state index in [1.807, 2.05) is 30.3 Å². The predicted octanol–water partition coefficient (Wildman–Crippen LogP) is 4.76. The van der Waals surface area contributed by atoms with Crippen LogP contribution in [0, 0.1) is 0 Å². The second-order valence-corrected chi connectivity index (χ2v) is 7.57. The molecule has 1 heterocycles. The highest BCUT2D eigenvalue weighted by molar-refractivity contribution is 8.26. The van der Waals surface area contributed by atoms with Gasteiger partial charge in [0, 0.05) is 0 Å². The Morgan fingerprint density at radius 2 is 1.92 bits per heavy atom. The van der Waals surface area contributed by atoms with Crippen molar-refractivity contribution in [2.45, 2.75) is 6.54 Å². The van der Waals surface area contributed by atoms with Crippen LogP contribution in [0.5, 0.6) is 11.5 Å². The lowest BCUT2D eigenvalue weighted by atomic mass is 10.1. The Bertz CT molecular complexity index is 884. The molecule has 2 aromatic carbocycles. The molecule has 0 spiro atoms. The maximum absolute atomic E-state index is 12.7. The van der Waals surface area contributed by atoms with E-state index in [0.29, 0.717) is 32.3 Å². The zero-order valence-electron chi connectivity index (χ0n) is 14.2. The lowest BCUT2D eigenvalue weighted by Crippen LogP contribution is -2.27. The van der Waals surface area contributed by atoms with Crippen LogP contribution >= 0.6 is 35.6 Å². The molecule has 134 valence electrons. The molecule has 4 nitrogen and oxygen atoms in total. The van der Waals surface area contributed by atoms with Gasteiger partial charge in [-0.05, 0) is 29.3 Å². The molecular formula is C19H16ClNO3S2. The summed E-state index contributed by atoms with van der Waals surface area (Å²) in [7, 11) is 3.06.